The molecule has 3 aromatic carbocycles. The molecule has 0 bridgehead atoms. The lowest BCUT2D eigenvalue weighted by Crippen LogP contribution is -2.38. The summed E-state index contributed by atoms with van der Waals surface area (Å²) in [5.74, 6) is 1.30. The normalized spacial score (nSPS) is 15.2. The maximum atomic E-state index is 13.6. The molecule has 0 radical (unpaired) electrons. The van der Waals surface area contributed by atoms with E-state index in [0.29, 0.717) is 29.3 Å². The lowest BCUT2D eigenvalue weighted by molar-refractivity contribution is 0.0664. The van der Waals surface area contributed by atoms with Gasteiger partial charge in [0.25, 0.3) is 15.9 Å². The van der Waals surface area contributed by atoms with Gasteiger partial charge in [-0.25, -0.2) is 8.42 Å². The van der Waals surface area contributed by atoms with Crippen molar-refractivity contribution in [1.82, 2.24) is 4.90 Å². The first kappa shape index (κ1) is 23.2. The minimum Gasteiger partial charge on any atom is -0.454 e. The van der Waals surface area contributed by atoms with Crippen molar-refractivity contribution < 1.29 is 22.7 Å². The highest BCUT2D eigenvalue weighted by molar-refractivity contribution is 7.92. The number of benzene rings is 3. The standard InChI is InChI=1S/C27H28N2O5S/c1-28(22-7-3-2-4-8-22)35(31,32)24-14-12-21(13-15-24)27(30)29(23-9-5-6-10-23)18-20-11-16-25-26(17-20)34-19-33-25/h2-4,7-8,11-17,23H,5-6,9-10,18-19H2,1H3. The largest absolute Gasteiger partial charge is 0.454 e. The van der Waals surface area contributed by atoms with Crippen molar-refractivity contribution in [2.24, 2.45) is 0 Å². The van der Waals surface area contributed by atoms with Crippen LogP contribution in [0.4, 0.5) is 5.69 Å². The molecule has 0 N–H and O–H groups in total. The third-order valence-electron chi connectivity index (χ3n) is 6.70. The van der Waals surface area contributed by atoms with Crippen LogP contribution in [0, 0.1) is 0 Å². The van der Waals surface area contributed by atoms with Gasteiger partial charge in [-0.15, -0.1) is 0 Å². The van der Waals surface area contributed by atoms with Gasteiger partial charge in [0, 0.05) is 25.2 Å². The van der Waals surface area contributed by atoms with Crippen molar-refractivity contribution in [3.63, 3.8) is 0 Å². The van der Waals surface area contributed by atoms with Crippen LogP contribution in [0.5, 0.6) is 11.5 Å². The molecular formula is C27H28N2O5S. The molecule has 1 amide bonds. The molecule has 0 aromatic heterocycles. The number of amides is 1. The zero-order valence-corrected chi connectivity index (χ0v) is 20.4. The van der Waals surface area contributed by atoms with E-state index in [1.807, 2.05) is 29.2 Å². The van der Waals surface area contributed by atoms with Crippen LogP contribution in [0.15, 0.2) is 77.7 Å². The first-order valence-electron chi connectivity index (χ1n) is 11.8. The minimum atomic E-state index is -3.74. The Balaban J connectivity index is 1.38. The highest BCUT2D eigenvalue weighted by Gasteiger charge is 2.29. The van der Waals surface area contributed by atoms with Crippen molar-refractivity contribution in [2.45, 2.75) is 43.2 Å². The summed E-state index contributed by atoms with van der Waals surface area (Å²) in [7, 11) is -2.22. The highest BCUT2D eigenvalue weighted by atomic mass is 32.2. The number of nitrogens with zero attached hydrogens (tertiary/aromatic N) is 2. The number of anilines is 1. The molecular weight excluding hydrogens is 464 g/mol. The van der Waals surface area contributed by atoms with E-state index in [-0.39, 0.29) is 23.6 Å². The number of hydrogen-bond donors (Lipinski definition) is 0. The van der Waals surface area contributed by atoms with Crippen LogP contribution in [0.25, 0.3) is 0 Å². The Labute approximate surface area is 205 Å². The molecule has 3 aromatic rings. The molecule has 0 spiro atoms. The molecule has 1 aliphatic carbocycles. The molecule has 182 valence electrons. The lowest BCUT2D eigenvalue weighted by atomic mass is 10.1. The zero-order valence-electron chi connectivity index (χ0n) is 19.6. The van der Waals surface area contributed by atoms with Crippen molar-refractivity contribution >= 4 is 21.6 Å². The maximum absolute atomic E-state index is 13.6. The first-order chi connectivity index (χ1) is 16.9. The Bertz CT molecular complexity index is 1300. The SMILES string of the molecule is CN(c1ccccc1)S(=O)(=O)c1ccc(C(=O)N(Cc2ccc3c(c2)OCO3)C2CCCC2)cc1. The van der Waals surface area contributed by atoms with Gasteiger partial charge in [0.2, 0.25) is 6.79 Å². The second kappa shape index (κ2) is 9.62. The molecule has 0 saturated heterocycles. The summed E-state index contributed by atoms with van der Waals surface area (Å²) in [4.78, 5) is 15.6. The number of rotatable bonds is 7. The van der Waals surface area contributed by atoms with Crippen LogP contribution in [0.3, 0.4) is 0 Å². The number of carbonyl (C=O) groups excluding carboxylic acids is 1. The van der Waals surface area contributed by atoms with Gasteiger partial charge in [0.1, 0.15) is 0 Å². The van der Waals surface area contributed by atoms with Gasteiger partial charge in [-0.05, 0) is 66.9 Å². The predicted octanol–water partition coefficient (Wildman–Crippen LogP) is 4.83. The van der Waals surface area contributed by atoms with Crippen molar-refractivity contribution in [3.05, 3.63) is 83.9 Å². The molecule has 35 heavy (non-hydrogen) atoms. The molecule has 1 fully saturated rings. The van der Waals surface area contributed by atoms with Gasteiger partial charge < -0.3 is 14.4 Å². The summed E-state index contributed by atoms with van der Waals surface area (Å²) in [6.45, 7) is 0.662. The van der Waals surface area contributed by atoms with Crippen LogP contribution in [-0.4, -0.2) is 39.1 Å². The summed E-state index contributed by atoms with van der Waals surface area (Å²) in [5, 5.41) is 0. The Morgan fingerprint density at radius 3 is 2.31 bits per heavy atom. The van der Waals surface area contributed by atoms with Gasteiger partial charge in [0.15, 0.2) is 11.5 Å². The fourth-order valence-electron chi connectivity index (χ4n) is 4.69. The zero-order chi connectivity index (χ0) is 24.4. The van der Waals surface area contributed by atoms with Gasteiger partial charge in [0.05, 0.1) is 10.6 Å². The van der Waals surface area contributed by atoms with Gasteiger partial charge in [-0.2, -0.15) is 0 Å². The third kappa shape index (κ3) is 4.71. The second-order valence-electron chi connectivity index (χ2n) is 8.89. The smallest absolute Gasteiger partial charge is 0.264 e. The molecule has 0 unspecified atom stereocenters. The Kier molecular flexibility index (Phi) is 6.38. The van der Waals surface area contributed by atoms with Crippen molar-refractivity contribution in [1.29, 1.82) is 0 Å². The van der Waals surface area contributed by atoms with Crippen molar-refractivity contribution in [2.75, 3.05) is 18.1 Å². The van der Waals surface area contributed by atoms with Crippen LogP contribution >= 0.6 is 0 Å². The van der Waals surface area contributed by atoms with E-state index in [4.69, 9.17) is 9.47 Å². The summed E-state index contributed by atoms with van der Waals surface area (Å²) in [6, 6.07) is 21.0. The Morgan fingerprint density at radius 1 is 0.914 bits per heavy atom. The second-order valence-corrected chi connectivity index (χ2v) is 10.9. The Hall–Kier alpha value is -3.52. The monoisotopic (exact) mass is 492 g/mol. The molecule has 1 heterocycles. The summed E-state index contributed by atoms with van der Waals surface area (Å²) >= 11 is 0. The van der Waals surface area contributed by atoms with E-state index in [1.165, 1.54) is 23.5 Å². The van der Waals surface area contributed by atoms with Crippen LogP contribution in [0.2, 0.25) is 0 Å². The first-order valence-corrected chi connectivity index (χ1v) is 13.2. The van der Waals surface area contributed by atoms with Crippen molar-refractivity contribution in [3.8, 4) is 11.5 Å². The summed E-state index contributed by atoms with van der Waals surface area (Å²) in [5.41, 5.74) is 2.01. The molecule has 8 heteroatoms. The summed E-state index contributed by atoms with van der Waals surface area (Å²) in [6.07, 6.45) is 4.12. The Morgan fingerprint density at radius 2 is 1.60 bits per heavy atom. The fourth-order valence-corrected chi connectivity index (χ4v) is 5.88. The van der Waals surface area contributed by atoms with E-state index in [1.54, 1.807) is 36.4 Å². The van der Waals surface area contributed by atoms with Gasteiger partial charge in [-0.1, -0.05) is 37.1 Å². The molecule has 1 saturated carbocycles. The van der Waals surface area contributed by atoms with Gasteiger partial charge in [-0.3, -0.25) is 9.10 Å². The molecule has 2 aliphatic rings. The minimum absolute atomic E-state index is 0.102. The van der Waals surface area contributed by atoms with Crippen LogP contribution in [0.1, 0.15) is 41.6 Å². The number of para-hydroxylation sites is 1. The number of fused-ring (bicyclic) bond motifs is 1. The van der Waals surface area contributed by atoms with E-state index >= 15 is 0 Å². The topological polar surface area (TPSA) is 76.2 Å². The number of hydrogen-bond acceptors (Lipinski definition) is 5. The third-order valence-corrected chi connectivity index (χ3v) is 8.50. The number of sulfonamides is 1. The maximum Gasteiger partial charge on any atom is 0.264 e. The predicted molar refractivity (Wildman–Crippen MR) is 133 cm³/mol. The van der Waals surface area contributed by atoms with Gasteiger partial charge >= 0.3 is 0 Å². The van der Waals surface area contributed by atoms with Crippen LogP contribution < -0.4 is 13.8 Å². The highest BCUT2D eigenvalue weighted by Crippen LogP contribution is 2.34. The number of carbonyl (C=O) groups is 1. The van der Waals surface area contributed by atoms with E-state index < -0.39 is 10.0 Å². The summed E-state index contributed by atoms with van der Waals surface area (Å²) < 4.78 is 38.3. The molecule has 0 atom stereocenters. The van der Waals surface area contributed by atoms with E-state index in [2.05, 4.69) is 0 Å². The lowest BCUT2D eigenvalue weighted by Gasteiger charge is -2.29. The molecule has 5 rings (SSSR count). The average Bonchev–Trinajstić information content (AvgIpc) is 3.59. The fraction of sp³-hybridized carbons (Fsp3) is 0.296. The van der Waals surface area contributed by atoms with E-state index in [0.717, 1.165) is 31.2 Å². The number of ether oxygens (including phenoxy) is 2. The van der Waals surface area contributed by atoms with Crippen LogP contribution in [-0.2, 0) is 16.6 Å². The average molecular weight is 493 g/mol. The van der Waals surface area contributed by atoms with E-state index in [9.17, 15) is 13.2 Å². The quantitative estimate of drug-likeness (QED) is 0.472. The molecule has 1 aliphatic heterocycles. The molecule has 7 nitrogen and oxygen atoms in total.